The molecule has 2 unspecified atom stereocenters. The molecule has 0 amide bonds. The molecule has 0 aliphatic heterocycles. The van der Waals surface area contributed by atoms with Crippen LogP contribution in [0.25, 0.3) is 0 Å². The first kappa shape index (κ1) is 19.9. The van der Waals surface area contributed by atoms with Gasteiger partial charge in [0.1, 0.15) is 0 Å². The standard InChI is InChI=1S/C18H38O2/c1-3-5-6-7-8-9-11-15-18(20)16-13-10-12-14-17(19)4-2/h17-20H,3-16H2,1-2H3. The Labute approximate surface area is 127 Å². The van der Waals surface area contributed by atoms with Gasteiger partial charge in [-0.1, -0.05) is 78.1 Å². The third kappa shape index (κ3) is 14.3. The lowest BCUT2D eigenvalue weighted by Crippen LogP contribution is -2.07. The van der Waals surface area contributed by atoms with Crippen LogP contribution in [0.2, 0.25) is 0 Å². The van der Waals surface area contributed by atoms with Gasteiger partial charge in [-0.2, -0.15) is 0 Å². The van der Waals surface area contributed by atoms with Crippen molar-refractivity contribution in [1.82, 2.24) is 0 Å². The molecule has 0 aromatic carbocycles. The summed E-state index contributed by atoms with van der Waals surface area (Å²) >= 11 is 0. The van der Waals surface area contributed by atoms with Crippen LogP contribution in [0.15, 0.2) is 0 Å². The van der Waals surface area contributed by atoms with Crippen LogP contribution in [-0.4, -0.2) is 22.4 Å². The molecule has 2 nitrogen and oxygen atoms in total. The molecule has 20 heavy (non-hydrogen) atoms. The second-order valence-corrected chi connectivity index (χ2v) is 6.26. The van der Waals surface area contributed by atoms with Gasteiger partial charge in [0.05, 0.1) is 12.2 Å². The minimum Gasteiger partial charge on any atom is -0.393 e. The van der Waals surface area contributed by atoms with Crippen LogP contribution >= 0.6 is 0 Å². The van der Waals surface area contributed by atoms with Gasteiger partial charge >= 0.3 is 0 Å². The minimum absolute atomic E-state index is 0.0956. The summed E-state index contributed by atoms with van der Waals surface area (Å²) in [5.74, 6) is 0. The number of hydrogen-bond acceptors (Lipinski definition) is 2. The Morgan fingerprint density at radius 3 is 1.45 bits per heavy atom. The highest BCUT2D eigenvalue weighted by Gasteiger charge is 2.04. The summed E-state index contributed by atoms with van der Waals surface area (Å²) in [5, 5.41) is 19.3. The normalized spacial score (nSPS) is 14.4. The largest absolute Gasteiger partial charge is 0.393 e. The number of unbranched alkanes of at least 4 members (excludes halogenated alkanes) is 8. The fourth-order valence-electron chi connectivity index (χ4n) is 2.62. The summed E-state index contributed by atoms with van der Waals surface area (Å²) in [7, 11) is 0. The Kier molecular flexibility index (Phi) is 15.3. The van der Waals surface area contributed by atoms with Crippen molar-refractivity contribution in [3.8, 4) is 0 Å². The number of aliphatic hydroxyl groups is 2. The summed E-state index contributed by atoms with van der Waals surface area (Å²) in [5.41, 5.74) is 0. The predicted molar refractivity (Wildman–Crippen MR) is 88.0 cm³/mol. The maximum absolute atomic E-state index is 9.90. The summed E-state index contributed by atoms with van der Waals surface area (Å²) in [6.07, 6.45) is 16.1. The molecule has 2 atom stereocenters. The lowest BCUT2D eigenvalue weighted by molar-refractivity contribution is 0.142. The van der Waals surface area contributed by atoms with Gasteiger partial charge in [-0.3, -0.25) is 0 Å². The average Bonchev–Trinajstić information content (AvgIpc) is 2.45. The van der Waals surface area contributed by atoms with Gasteiger partial charge in [-0.05, 0) is 25.7 Å². The quantitative estimate of drug-likeness (QED) is 0.406. The highest BCUT2D eigenvalue weighted by Crippen LogP contribution is 2.14. The second-order valence-electron chi connectivity index (χ2n) is 6.26. The van der Waals surface area contributed by atoms with E-state index in [1.54, 1.807) is 0 Å². The van der Waals surface area contributed by atoms with Crippen molar-refractivity contribution in [3.63, 3.8) is 0 Å². The summed E-state index contributed by atoms with van der Waals surface area (Å²) in [6.45, 7) is 4.27. The third-order valence-corrected chi connectivity index (χ3v) is 4.19. The maximum atomic E-state index is 9.90. The van der Waals surface area contributed by atoms with Crippen LogP contribution in [-0.2, 0) is 0 Å². The molecule has 0 aromatic heterocycles. The molecule has 0 saturated heterocycles. The van der Waals surface area contributed by atoms with Gasteiger partial charge in [0.25, 0.3) is 0 Å². The van der Waals surface area contributed by atoms with E-state index in [1.807, 2.05) is 6.92 Å². The zero-order chi connectivity index (χ0) is 15.1. The molecule has 0 rings (SSSR count). The molecule has 122 valence electrons. The zero-order valence-electron chi connectivity index (χ0n) is 13.9. The molecule has 0 aliphatic rings. The van der Waals surface area contributed by atoms with Gasteiger partial charge in [-0.15, -0.1) is 0 Å². The van der Waals surface area contributed by atoms with E-state index in [0.717, 1.165) is 44.9 Å². The SMILES string of the molecule is CCCCCCCCCC(O)CCCCCC(O)CC. The van der Waals surface area contributed by atoms with Crippen LogP contribution in [0, 0.1) is 0 Å². The van der Waals surface area contributed by atoms with Crippen LogP contribution in [0.4, 0.5) is 0 Å². The van der Waals surface area contributed by atoms with Crippen LogP contribution in [0.5, 0.6) is 0 Å². The van der Waals surface area contributed by atoms with Crippen molar-refractivity contribution >= 4 is 0 Å². The van der Waals surface area contributed by atoms with Gasteiger partial charge in [0.2, 0.25) is 0 Å². The Morgan fingerprint density at radius 1 is 0.550 bits per heavy atom. The smallest absolute Gasteiger partial charge is 0.0540 e. The van der Waals surface area contributed by atoms with E-state index in [1.165, 1.54) is 44.9 Å². The van der Waals surface area contributed by atoms with E-state index in [0.29, 0.717) is 0 Å². The molecule has 0 fully saturated rings. The summed E-state index contributed by atoms with van der Waals surface area (Å²) in [4.78, 5) is 0. The van der Waals surface area contributed by atoms with Gasteiger partial charge in [0.15, 0.2) is 0 Å². The van der Waals surface area contributed by atoms with Crippen molar-refractivity contribution in [2.24, 2.45) is 0 Å². The summed E-state index contributed by atoms with van der Waals surface area (Å²) < 4.78 is 0. The van der Waals surface area contributed by atoms with Gasteiger partial charge in [0, 0.05) is 0 Å². The zero-order valence-corrected chi connectivity index (χ0v) is 13.9. The van der Waals surface area contributed by atoms with Crippen molar-refractivity contribution < 1.29 is 10.2 Å². The third-order valence-electron chi connectivity index (χ3n) is 4.19. The number of hydrogen-bond donors (Lipinski definition) is 2. The van der Waals surface area contributed by atoms with Gasteiger partial charge in [-0.25, -0.2) is 0 Å². The van der Waals surface area contributed by atoms with Crippen LogP contribution in [0.1, 0.15) is 104 Å². The molecule has 0 radical (unpaired) electrons. The monoisotopic (exact) mass is 286 g/mol. The highest BCUT2D eigenvalue weighted by molar-refractivity contribution is 4.58. The molecule has 2 heteroatoms. The molecule has 0 aromatic rings. The van der Waals surface area contributed by atoms with E-state index in [4.69, 9.17) is 0 Å². The molecule has 0 heterocycles. The highest BCUT2D eigenvalue weighted by atomic mass is 16.3. The lowest BCUT2D eigenvalue weighted by atomic mass is 10.0. The van der Waals surface area contributed by atoms with Crippen molar-refractivity contribution in [2.75, 3.05) is 0 Å². The first-order valence-electron chi connectivity index (χ1n) is 9.06. The Morgan fingerprint density at radius 2 is 0.950 bits per heavy atom. The second kappa shape index (κ2) is 15.3. The van der Waals surface area contributed by atoms with Crippen molar-refractivity contribution in [2.45, 2.75) is 116 Å². The van der Waals surface area contributed by atoms with Crippen molar-refractivity contribution in [1.29, 1.82) is 0 Å². The van der Waals surface area contributed by atoms with Crippen LogP contribution < -0.4 is 0 Å². The Bertz CT molecular complexity index is 182. The topological polar surface area (TPSA) is 40.5 Å². The molecule has 0 aliphatic carbocycles. The molecule has 0 bridgehead atoms. The average molecular weight is 286 g/mol. The minimum atomic E-state index is -0.118. The number of rotatable bonds is 15. The fraction of sp³-hybridized carbons (Fsp3) is 1.00. The Hall–Kier alpha value is -0.0800. The maximum Gasteiger partial charge on any atom is 0.0540 e. The first-order chi connectivity index (χ1) is 9.70. The molecule has 2 N–H and O–H groups in total. The molecule has 0 spiro atoms. The van der Waals surface area contributed by atoms with Crippen molar-refractivity contribution in [3.05, 3.63) is 0 Å². The van der Waals surface area contributed by atoms with Crippen LogP contribution in [0.3, 0.4) is 0 Å². The van der Waals surface area contributed by atoms with Gasteiger partial charge < -0.3 is 10.2 Å². The molecule has 0 saturated carbocycles. The van der Waals surface area contributed by atoms with E-state index in [-0.39, 0.29) is 12.2 Å². The summed E-state index contributed by atoms with van der Waals surface area (Å²) in [6, 6.07) is 0. The molecular weight excluding hydrogens is 248 g/mol. The Balaban J connectivity index is 3.18. The first-order valence-corrected chi connectivity index (χ1v) is 9.06. The predicted octanol–water partition coefficient (Wildman–Crippen LogP) is 5.21. The van der Waals surface area contributed by atoms with E-state index < -0.39 is 0 Å². The number of aliphatic hydroxyl groups excluding tert-OH is 2. The fourth-order valence-corrected chi connectivity index (χ4v) is 2.62. The van der Waals surface area contributed by atoms with E-state index >= 15 is 0 Å². The van der Waals surface area contributed by atoms with E-state index in [2.05, 4.69) is 6.92 Å². The molecular formula is C18H38O2. The lowest BCUT2D eigenvalue weighted by Gasteiger charge is -2.11. The van der Waals surface area contributed by atoms with E-state index in [9.17, 15) is 10.2 Å².